The summed E-state index contributed by atoms with van der Waals surface area (Å²) in [5, 5.41) is 10.3. The second-order valence-corrected chi connectivity index (χ2v) is 6.73. The monoisotopic (exact) mass is 384 g/mol. The second kappa shape index (κ2) is 7.64. The smallest absolute Gasteiger partial charge is 0.266 e. The van der Waals surface area contributed by atoms with Gasteiger partial charge in [-0.3, -0.25) is 9.36 Å². The quantitative estimate of drug-likeness (QED) is 0.559. The van der Waals surface area contributed by atoms with E-state index in [1.54, 1.807) is 34.9 Å². The molecule has 3 aromatic carbocycles. The summed E-state index contributed by atoms with van der Waals surface area (Å²) in [6, 6.07) is 20.1. The van der Waals surface area contributed by atoms with Crippen LogP contribution in [0.25, 0.3) is 28.7 Å². The summed E-state index contributed by atoms with van der Waals surface area (Å²) >= 11 is 0. The van der Waals surface area contributed by atoms with Crippen molar-refractivity contribution in [3.8, 4) is 17.2 Å². The standard InChI is InChI=1S/C24H20N2O3/c1-16-7-11-18(12-8-16)26-23(25-20-6-4-3-5-19(20)24(26)28)14-10-17-9-13-21(27)22(15-17)29-2/h3-15,27H,1-2H3/b14-10+. The van der Waals surface area contributed by atoms with Gasteiger partial charge in [0, 0.05) is 0 Å². The van der Waals surface area contributed by atoms with Gasteiger partial charge in [-0.15, -0.1) is 0 Å². The van der Waals surface area contributed by atoms with Gasteiger partial charge in [0.05, 0.1) is 23.7 Å². The van der Waals surface area contributed by atoms with Crippen LogP contribution in [0.15, 0.2) is 71.5 Å². The van der Waals surface area contributed by atoms with E-state index < -0.39 is 0 Å². The fourth-order valence-electron chi connectivity index (χ4n) is 3.17. The van der Waals surface area contributed by atoms with Gasteiger partial charge in [0.1, 0.15) is 5.82 Å². The minimum atomic E-state index is -0.123. The van der Waals surface area contributed by atoms with Crippen molar-refractivity contribution in [1.82, 2.24) is 9.55 Å². The van der Waals surface area contributed by atoms with E-state index in [0.29, 0.717) is 22.5 Å². The number of rotatable bonds is 4. The van der Waals surface area contributed by atoms with E-state index >= 15 is 0 Å². The molecule has 0 bridgehead atoms. The molecule has 0 unspecified atom stereocenters. The lowest BCUT2D eigenvalue weighted by molar-refractivity contribution is 0.373. The summed E-state index contributed by atoms with van der Waals surface area (Å²) in [5.74, 6) is 0.976. The number of aromatic hydroxyl groups is 1. The highest BCUT2D eigenvalue weighted by Crippen LogP contribution is 2.27. The van der Waals surface area contributed by atoms with Crippen LogP contribution in [0.3, 0.4) is 0 Å². The van der Waals surface area contributed by atoms with Gasteiger partial charge in [-0.25, -0.2) is 4.98 Å². The molecule has 0 atom stereocenters. The largest absolute Gasteiger partial charge is 0.504 e. The SMILES string of the molecule is COc1cc(/C=C/c2nc3ccccc3c(=O)n2-c2ccc(C)cc2)ccc1O. The van der Waals surface area contributed by atoms with Crippen molar-refractivity contribution in [2.24, 2.45) is 0 Å². The molecule has 0 fully saturated rings. The van der Waals surface area contributed by atoms with Crippen LogP contribution >= 0.6 is 0 Å². The van der Waals surface area contributed by atoms with Crippen molar-refractivity contribution in [2.75, 3.05) is 7.11 Å². The number of methoxy groups -OCH3 is 1. The molecule has 0 spiro atoms. The van der Waals surface area contributed by atoms with E-state index in [2.05, 4.69) is 0 Å². The molecule has 0 aliphatic rings. The van der Waals surface area contributed by atoms with Crippen molar-refractivity contribution in [1.29, 1.82) is 0 Å². The van der Waals surface area contributed by atoms with Crippen LogP contribution in [0.2, 0.25) is 0 Å². The van der Waals surface area contributed by atoms with Crippen molar-refractivity contribution in [3.05, 3.63) is 94.0 Å². The number of para-hydroxylation sites is 1. The minimum absolute atomic E-state index is 0.0741. The molecule has 144 valence electrons. The number of phenolic OH excluding ortho intramolecular Hbond substituents is 1. The van der Waals surface area contributed by atoms with Crippen LogP contribution in [0.5, 0.6) is 11.5 Å². The predicted octanol–water partition coefficient (Wildman–Crippen LogP) is 4.58. The lowest BCUT2D eigenvalue weighted by Crippen LogP contribution is -2.22. The maximum atomic E-state index is 13.2. The third kappa shape index (κ3) is 3.62. The number of hydrogen-bond donors (Lipinski definition) is 1. The lowest BCUT2D eigenvalue weighted by atomic mass is 10.1. The number of aryl methyl sites for hydroxylation is 1. The Balaban J connectivity index is 1.89. The molecular formula is C24H20N2O3. The van der Waals surface area contributed by atoms with Crippen LogP contribution in [-0.2, 0) is 0 Å². The molecule has 0 aliphatic carbocycles. The highest BCUT2D eigenvalue weighted by molar-refractivity contribution is 5.80. The van der Waals surface area contributed by atoms with Crippen molar-refractivity contribution in [3.63, 3.8) is 0 Å². The van der Waals surface area contributed by atoms with Gasteiger partial charge in [-0.2, -0.15) is 0 Å². The average molecular weight is 384 g/mol. The Morgan fingerprint density at radius 3 is 2.52 bits per heavy atom. The van der Waals surface area contributed by atoms with E-state index in [0.717, 1.165) is 16.8 Å². The molecule has 1 heterocycles. The first-order valence-electron chi connectivity index (χ1n) is 9.21. The first kappa shape index (κ1) is 18.5. The van der Waals surface area contributed by atoms with Crippen LogP contribution in [0.1, 0.15) is 17.0 Å². The number of fused-ring (bicyclic) bond motifs is 1. The first-order valence-corrected chi connectivity index (χ1v) is 9.21. The molecule has 29 heavy (non-hydrogen) atoms. The maximum Gasteiger partial charge on any atom is 0.266 e. The molecule has 0 saturated heterocycles. The van der Waals surface area contributed by atoms with Crippen molar-refractivity contribution >= 4 is 23.1 Å². The molecule has 0 saturated carbocycles. The third-order valence-electron chi connectivity index (χ3n) is 4.72. The summed E-state index contributed by atoms with van der Waals surface area (Å²) in [6.45, 7) is 2.00. The Bertz CT molecular complexity index is 1270. The third-order valence-corrected chi connectivity index (χ3v) is 4.72. The predicted molar refractivity (Wildman–Crippen MR) is 116 cm³/mol. The minimum Gasteiger partial charge on any atom is -0.504 e. The fourth-order valence-corrected chi connectivity index (χ4v) is 3.17. The van der Waals surface area contributed by atoms with Crippen LogP contribution in [-0.4, -0.2) is 21.8 Å². The van der Waals surface area contributed by atoms with Crippen LogP contribution in [0.4, 0.5) is 0 Å². The molecule has 1 aromatic heterocycles. The summed E-state index contributed by atoms with van der Waals surface area (Å²) in [7, 11) is 1.50. The Labute approximate surface area is 168 Å². The molecular weight excluding hydrogens is 364 g/mol. The Kier molecular flexibility index (Phi) is 4.87. The molecule has 5 nitrogen and oxygen atoms in total. The van der Waals surface area contributed by atoms with E-state index in [1.807, 2.05) is 55.5 Å². The van der Waals surface area contributed by atoms with Crippen molar-refractivity contribution in [2.45, 2.75) is 6.92 Å². The summed E-state index contributed by atoms with van der Waals surface area (Å²) < 4.78 is 6.77. The summed E-state index contributed by atoms with van der Waals surface area (Å²) in [6.07, 6.45) is 3.63. The van der Waals surface area contributed by atoms with E-state index in [1.165, 1.54) is 7.11 Å². The van der Waals surface area contributed by atoms with Gasteiger partial charge < -0.3 is 9.84 Å². The fraction of sp³-hybridized carbons (Fsp3) is 0.0833. The molecule has 4 aromatic rings. The average Bonchev–Trinajstić information content (AvgIpc) is 2.74. The van der Waals surface area contributed by atoms with Gasteiger partial charge in [-0.05, 0) is 55.0 Å². The highest BCUT2D eigenvalue weighted by atomic mass is 16.5. The van der Waals surface area contributed by atoms with E-state index in [9.17, 15) is 9.90 Å². The van der Waals surface area contributed by atoms with Gasteiger partial charge in [0.25, 0.3) is 5.56 Å². The number of phenols is 1. The molecule has 0 aliphatic heterocycles. The summed E-state index contributed by atoms with van der Waals surface area (Å²) in [5.41, 5.74) is 3.20. The topological polar surface area (TPSA) is 64.3 Å². The van der Waals surface area contributed by atoms with E-state index in [4.69, 9.17) is 9.72 Å². The van der Waals surface area contributed by atoms with Gasteiger partial charge in [0.15, 0.2) is 11.5 Å². The molecule has 4 rings (SSSR count). The maximum absolute atomic E-state index is 13.2. The first-order chi connectivity index (χ1) is 14.1. The Morgan fingerprint density at radius 1 is 1.00 bits per heavy atom. The van der Waals surface area contributed by atoms with Gasteiger partial charge >= 0.3 is 0 Å². The number of benzene rings is 3. The Morgan fingerprint density at radius 2 is 1.76 bits per heavy atom. The molecule has 5 heteroatoms. The van der Waals surface area contributed by atoms with Crippen LogP contribution in [0, 0.1) is 6.92 Å². The van der Waals surface area contributed by atoms with Gasteiger partial charge in [-0.1, -0.05) is 42.0 Å². The Hall–Kier alpha value is -3.86. The zero-order valence-electron chi connectivity index (χ0n) is 16.2. The zero-order valence-corrected chi connectivity index (χ0v) is 16.2. The van der Waals surface area contributed by atoms with Crippen molar-refractivity contribution < 1.29 is 9.84 Å². The number of hydrogen-bond acceptors (Lipinski definition) is 4. The second-order valence-electron chi connectivity index (χ2n) is 6.73. The highest BCUT2D eigenvalue weighted by Gasteiger charge is 2.11. The molecule has 1 N–H and O–H groups in total. The summed E-state index contributed by atoms with van der Waals surface area (Å²) in [4.78, 5) is 17.9. The zero-order chi connectivity index (χ0) is 20.4. The van der Waals surface area contributed by atoms with Crippen LogP contribution < -0.4 is 10.3 Å². The molecule has 0 radical (unpaired) electrons. The number of aromatic nitrogens is 2. The number of ether oxygens (including phenoxy) is 1. The lowest BCUT2D eigenvalue weighted by Gasteiger charge is -2.12. The normalized spacial score (nSPS) is 11.2. The van der Waals surface area contributed by atoms with E-state index in [-0.39, 0.29) is 11.3 Å². The van der Waals surface area contributed by atoms with Gasteiger partial charge in [0.2, 0.25) is 0 Å². The molecule has 0 amide bonds. The number of nitrogens with zero attached hydrogens (tertiary/aromatic N) is 2.